The zero-order chi connectivity index (χ0) is 20.4. The van der Waals surface area contributed by atoms with E-state index in [1.165, 1.54) is 6.07 Å². The molecule has 0 unspecified atom stereocenters. The van der Waals surface area contributed by atoms with E-state index in [0.29, 0.717) is 31.7 Å². The molecule has 0 saturated carbocycles. The summed E-state index contributed by atoms with van der Waals surface area (Å²) in [6, 6.07) is 1.38. The summed E-state index contributed by atoms with van der Waals surface area (Å²) >= 11 is 0. The van der Waals surface area contributed by atoms with Crippen LogP contribution in [0.1, 0.15) is 30.0 Å². The highest BCUT2D eigenvalue weighted by Crippen LogP contribution is 2.42. The van der Waals surface area contributed by atoms with Gasteiger partial charge in [0, 0.05) is 42.5 Å². The third-order valence-corrected chi connectivity index (χ3v) is 5.55. The van der Waals surface area contributed by atoms with Crippen molar-refractivity contribution >= 4 is 23.6 Å². The topological polar surface area (TPSA) is 84.7 Å². The molecule has 0 aromatic heterocycles. The smallest absolute Gasteiger partial charge is 0.293 e. The second-order valence-electron chi connectivity index (χ2n) is 7.23. The molecule has 7 heteroatoms. The van der Waals surface area contributed by atoms with Gasteiger partial charge in [-0.2, -0.15) is 0 Å². The first-order chi connectivity index (χ1) is 13.4. The number of anilines is 1. The summed E-state index contributed by atoms with van der Waals surface area (Å²) in [6.45, 7) is 8.93. The van der Waals surface area contributed by atoms with Crippen molar-refractivity contribution in [1.29, 1.82) is 0 Å². The predicted octanol–water partition coefficient (Wildman–Crippen LogP) is 2.16. The summed E-state index contributed by atoms with van der Waals surface area (Å²) in [6.07, 6.45) is 1.48. The summed E-state index contributed by atoms with van der Waals surface area (Å²) in [4.78, 5) is 24.7. The molecular weight excluding hydrogens is 361 g/mol. The molecule has 0 saturated heterocycles. The van der Waals surface area contributed by atoms with Crippen molar-refractivity contribution in [1.82, 2.24) is 4.90 Å². The van der Waals surface area contributed by atoms with Crippen molar-refractivity contribution in [3.05, 3.63) is 46.3 Å². The molecule has 1 aromatic carbocycles. The van der Waals surface area contributed by atoms with Crippen LogP contribution in [0.15, 0.2) is 23.8 Å². The molecule has 3 N–H and O–H groups in total. The summed E-state index contributed by atoms with van der Waals surface area (Å²) < 4.78 is 18.9. The zero-order valence-corrected chi connectivity index (χ0v) is 16.3. The second kappa shape index (κ2) is 8.14. The minimum Gasteiger partial charge on any atom is -0.463 e. The van der Waals surface area contributed by atoms with E-state index in [-0.39, 0.29) is 29.9 Å². The number of rotatable bonds is 7. The fourth-order valence-corrected chi connectivity index (χ4v) is 4.05. The van der Waals surface area contributed by atoms with Gasteiger partial charge < -0.3 is 20.7 Å². The van der Waals surface area contributed by atoms with E-state index in [2.05, 4.69) is 16.6 Å². The normalized spacial score (nSPS) is 17.5. The summed E-state index contributed by atoms with van der Waals surface area (Å²) in [5.74, 6) is -0.473. The largest absolute Gasteiger partial charge is 0.463 e. The van der Waals surface area contributed by atoms with Crippen LogP contribution in [0.2, 0.25) is 0 Å². The van der Waals surface area contributed by atoms with Crippen LogP contribution in [0.5, 0.6) is 0 Å². The van der Waals surface area contributed by atoms with Crippen LogP contribution in [0.25, 0.3) is 5.57 Å². The fourth-order valence-electron chi connectivity index (χ4n) is 4.05. The molecule has 0 radical (unpaired) electrons. The Bertz CT molecular complexity index is 863. The number of ether oxygens (including phenoxy) is 1. The number of nitrogens with one attached hydrogen (secondary N) is 1. The quantitative estimate of drug-likeness (QED) is 0.553. The minimum absolute atomic E-state index is 0.131. The van der Waals surface area contributed by atoms with Gasteiger partial charge in [-0.05, 0) is 55.0 Å². The monoisotopic (exact) mass is 387 g/mol. The van der Waals surface area contributed by atoms with Gasteiger partial charge in [-0.1, -0.05) is 6.58 Å². The summed E-state index contributed by atoms with van der Waals surface area (Å²) in [7, 11) is 0. The predicted molar refractivity (Wildman–Crippen MR) is 106 cm³/mol. The van der Waals surface area contributed by atoms with Crippen LogP contribution in [-0.4, -0.2) is 49.6 Å². The van der Waals surface area contributed by atoms with E-state index in [9.17, 15) is 14.0 Å². The van der Waals surface area contributed by atoms with Gasteiger partial charge in [0.1, 0.15) is 12.4 Å². The van der Waals surface area contributed by atoms with E-state index in [1.54, 1.807) is 11.8 Å². The maximum absolute atomic E-state index is 14.3. The maximum atomic E-state index is 14.3. The molecule has 2 aliphatic rings. The molecule has 3 rings (SSSR count). The SMILES string of the molecule is C=C(COC=O)C(=O)N(CC)CC1=C2c3c(cc(F)c(C)c3CC[C@@H]2N)NC1. The fraction of sp³-hybridized carbons (Fsp3) is 0.429. The van der Waals surface area contributed by atoms with Gasteiger partial charge in [-0.25, -0.2) is 4.39 Å². The lowest BCUT2D eigenvalue weighted by Crippen LogP contribution is -2.39. The first-order valence-corrected chi connectivity index (χ1v) is 9.45. The molecule has 6 nitrogen and oxygen atoms in total. The minimum atomic E-state index is -0.261. The molecule has 0 spiro atoms. The zero-order valence-electron chi connectivity index (χ0n) is 16.3. The van der Waals surface area contributed by atoms with Gasteiger partial charge >= 0.3 is 0 Å². The Hall–Kier alpha value is -2.67. The van der Waals surface area contributed by atoms with Crippen molar-refractivity contribution < 1.29 is 18.7 Å². The molecule has 1 atom stereocenters. The molecule has 1 aliphatic carbocycles. The highest BCUT2D eigenvalue weighted by Gasteiger charge is 2.32. The molecule has 150 valence electrons. The Balaban J connectivity index is 1.96. The first-order valence-electron chi connectivity index (χ1n) is 9.45. The van der Waals surface area contributed by atoms with Gasteiger partial charge in [-0.15, -0.1) is 0 Å². The van der Waals surface area contributed by atoms with E-state index >= 15 is 0 Å². The number of hydrogen-bond donors (Lipinski definition) is 2. The maximum Gasteiger partial charge on any atom is 0.293 e. The Morgan fingerprint density at radius 2 is 2.29 bits per heavy atom. The third-order valence-electron chi connectivity index (χ3n) is 5.55. The van der Waals surface area contributed by atoms with Crippen molar-refractivity contribution in [3.8, 4) is 0 Å². The number of carbonyl (C=O) groups is 2. The Morgan fingerprint density at radius 3 is 2.96 bits per heavy atom. The Kier molecular flexibility index (Phi) is 5.84. The second-order valence-corrected chi connectivity index (χ2v) is 7.23. The number of halogens is 1. The lowest BCUT2D eigenvalue weighted by molar-refractivity contribution is -0.130. The van der Waals surface area contributed by atoms with Crippen molar-refractivity contribution in [2.75, 3.05) is 31.6 Å². The Labute approximate surface area is 164 Å². The van der Waals surface area contributed by atoms with E-state index in [1.807, 2.05) is 6.92 Å². The number of likely N-dealkylation sites (N-methyl/N-ethyl adjacent to an activating group) is 1. The number of benzene rings is 1. The van der Waals surface area contributed by atoms with Gasteiger partial charge in [0.2, 0.25) is 0 Å². The highest BCUT2D eigenvalue weighted by molar-refractivity contribution is 5.94. The van der Waals surface area contributed by atoms with Gasteiger partial charge in [0.05, 0.1) is 0 Å². The van der Waals surface area contributed by atoms with Crippen LogP contribution >= 0.6 is 0 Å². The van der Waals surface area contributed by atoms with Gasteiger partial charge in [0.15, 0.2) is 0 Å². The third kappa shape index (κ3) is 3.54. The van der Waals surface area contributed by atoms with Gasteiger partial charge in [0.25, 0.3) is 12.4 Å². The molecule has 1 aromatic rings. The molecular formula is C21H26FN3O3. The number of nitrogens with zero attached hydrogens (tertiary/aromatic N) is 1. The molecule has 28 heavy (non-hydrogen) atoms. The van der Waals surface area contributed by atoms with Crippen LogP contribution < -0.4 is 11.1 Å². The molecule has 0 bridgehead atoms. The first kappa shape index (κ1) is 20.1. The van der Waals surface area contributed by atoms with E-state index < -0.39 is 0 Å². The molecule has 1 aliphatic heterocycles. The lowest BCUT2D eigenvalue weighted by Gasteiger charge is -2.36. The average molecular weight is 387 g/mol. The Morgan fingerprint density at radius 1 is 1.54 bits per heavy atom. The molecule has 0 fully saturated rings. The van der Waals surface area contributed by atoms with Gasteiger partial charge in [-0.3, -0.25) is 9.59 Å². The van der Waals surface area contributed by atoms with E-state index in [4.69, 9.17) is 5.73 Å². The van der Waals surface area contributed by atoms with Crippen LogP contribution in [0.4, 0.5) is 10.1 Å². The summed E-state index contributed by atoms with van der Waals surface area (Å²) in [5, 5.41) is 3.29. The molecule has 1 amide bonds. The van der Waals surface area contributed by atoms with E-state index in [0.717, 1.165) is 40.8 Å². The number of nitrogens with two attached hydrogens (primary N) is 1. The highest BCUT2D eigenvalue weighted by atomic mass is 19.1. The number of hydrogen-bond acceptors (Lipinski definition) is 5. The molecule has 1 heterocycles. The number of carbonyl (C=O) groups excluding carboxylic acids is 2. The average Bonchev–Trinajstić information content (AvgIpc) is 2.69. The standard InChI is InChI=1S/C21H26FN3O3/c1-4-25(21(27)12(2)10-28-11-26)9-14-8-24-18-7-16(22)13(3)15-5-6-17(23)19(14)20(15)18/h7,11,17,24H,2,4-6,8-10,23H2,1,3H3/t17-/m0/s1. The van der Waals surface area contributed by atoms with Crippen molar-refractivity contribution in [3.63, 3.8) is 0 Å². The summed E-state index contributed by atoms with van der Waals surface area (Å²) in [5.41, 5.74) is 12.1. The van der Waals surface area contributed by atoms with Crippen LogP contribution in [0, 0.1) is 12.7 Å². The number of amides is 1. The van der Waals surface area contributed by atoms with Crippen LogP contribution in [0.3, 0.4) is 0 Å². The van der Waals surface area contributed by atoms with Crippen LogP contribution in [-0.2, 0) is 20.7 Å². The van der Waals surface area contributed by atoms with Crippen molar-refractivity contribution in [2.45, 2.75) is 32.7 Å². The van der Waals surface area contributed by atoms with Crippen molar-refractivity contribution in [2.24, 2.45) is 5.73 Å². The lowest BCUT2D eigenvalue weighted by atomic mass is 9.77.